The number of nitrogens with one attached hydrogen (secondary N) is 2. The van der Waals surface area contributed by atoms with Crippen molar-refractivity contribution in [1.82, 2.24) is 10.6 Å². The van der Waals surface area contributed by atoms with E-state index in [-0.39, 0.29) is 13.0 Å². The Hall–Kier alpha value is -1.53. The van der Waals surface area contributed by atoms with Gasteiger partial charge in [0.1, 0.15) is 0 Å². The Morgan fingerprint density at radius 2 is 1.94 bits per heavy atom. The lowest BCUT2D eigenvalue weighted by atomic mass is 10.1. The molecule has 1 saturated carbocycles. The van der Waals surface area contributed by atoms with Crippen molar-refractivity contribution in [3.8, 4) is 0 Å². The van der Waals surface area contributed by atoms with Crippen molar-refractivity contribution < 1.29 is 22.8 Å². The molecule has 18 heavy (non-hydrogen) atoms. The molecule has 0 heterocycles. The van der Waals surface area contributed by atoms with E-state index in [1.54, 1.807) is 0 Å². The zero-order valence-corrected chi connectivity index (χ0v) is 9.77. The largest absolute Gasteiger partial charge is 0.391 e. The maximum Gasteiger partial charge on any atom is 0.391 e. The first kappa shape index (κ1) is 14.5. The van der Waals surface area contributed by atoms with Gasteiger partial charge in [0, 0.05) is 18.5 Å². The summed E-state index contributed by atoms with van der Waals surface area (Å²) in [5.41, 5.74) is -1.11. The molecule has 7 heteroatoms. The van der Waals surface area contributed by atoms with E-state index in [0.29, 0.717) is 12.8 Å². The van der Waals surface area contributed by atoms with Crippen molar-refractivity contribution in [3.63, 3.8) is 0 Å². The zero-order chi connectivity index (χ0) is 13.8. The Morgan fingerprint density at radius 3 is 2.39 bits per heavy atom. The molecule has 0 aliphatic heterocycles. The maximum absolute atomic E-state index is 12.2. The number of alkyl halides is 3. The molecule has 0 unspecified atom stereocenters. The third kappa shape index (κ3) is 5.20. The van der Waals surface area contributed by atoms with Crippen molar-refractivity contribution in [2.75, 3.05) is 6.54 Å². The van der Waals surface area contributed by atoms with E-state index < -0.39 is 30.0 Å². The monoisotopic (exact) mass is 264 g/mol. The number of carbonyl (C=O) groups is 2. The van der Waals surface area contributed by atoms with Crippen LogP contribution in [0.5, 0.6) is 0 Å². The van der Waals surface area contributed by atoms with Crippen LogP contribution < -0.4 is 10.6 Å². The van der Waals surface area contributed by atoms with Gasteiger partial charge in [0.2, 0.25) is 11.8 Å². The average molecular weight is 264 g/mol. The van der Waals surface area contributed by atoms with E-state index in [1.807, 2.05) is 0 Å². The molecule has 0 bridgehead atoms. The topological polar surface area (TPSA) is 58.2 Å². The molecule has 1 aliphatic rings. The smallest absolute Gasteiger partial charge is 0.352 e. The molecule has 0 radical (unpaired) electrons. The number of carbonyl (C=O) groups excluding carboxylic acids is 2. The first-order valence-corrected chi connectivity index (χ1v) is 5.54. The fraction of sp³-hybridized carbons (Fsp3) is 0.636. The van der Waals surface area contributed by atoms with Crippen molar-refractivity contribution in [2.24, 2.45) is 0 Å². The Balaban J connectivity index is 2.28. The summed E-state index contributed by atoms with van der Waals surface area (Å²) in [6.45, 7) is 3.31. The average Bonchev–Trinajstić information content (AvgIpc) is 2.94. The molecular weight excluding hydrogens is 249 g/mol. The van der Waals surface area contributed by atoms with E-state index in [4.69, 9.17) is 0 Å². The molecule has 0 spiro atoms. The van der Waals surface area contributed by atoms with Crippen LogP contribution in [0.25, 0.3) is 0 Å². The van der Waals surface area contributed by atoms with Gasteiger partial charge in [0.25, 0.3) is 0 Å². The summed E-state index contributed by atoms with van der Waals surface area (Å²) in [7, 11) is 0. The Morgan fingerprint density at radius 1 is 1.33 bits per heavy atom. The van der Waals surface area contributed by atoms with Gasteiger partial charge in [0.15, 0.2) is 0 Å². The second kappa shape index (κ2) is 5.41. The molecule has 2 amide bonds. The molecule has 2 N–H and O–H groups in total. The van der Waals surface area contributed by atoms with E-state index in [0.717, 1.165) is 6.08 Å². The fourth-order valence-electron chi connectivity index (χ4n) is 1.61. The lowest BCUT2D eigenvalue weighted by Gasteiger charge is -2.19. The summed E-state index contributed by atoms with van der Waals surface area (Å²) in [6.07, 6.45) is -3.57. The first-order chi connectivity index (χ1) is 8.26. The van der Waals surface area contributed by atoms with Crippen LogP contribution in [0.2, 0.25) is 0 Å². The summed E-state index contributed by atoms with van der Waals surface area (Å²) < 4.78 is 36.7. The molecule has 0 aromatic rings. The van der Waals surface area contributed by atoms with Gasteiger partial charge in [-0.15, -0.1) is 0 Å². The van der Waals surface area contributed by atoms with Gasteiger partial charge in [-0.3, -0.25) is 9.59 Å². The second-order valence-corrected chi connectivity index (χ2v) is 4.37. The van der Waals surface area contributed by atoms with Gasteiger partial charge in [-0.2, -0.15) is 13.2 Å². The highest BCUT2D eigenvalue weighted by molar-refractivity contribution is 5.87. The fourth-order valence-corrected chi connectivity index (χ4v) is 1.61. The predicted molar refractivity (Wildman–Crippen MR) is 58.6 cm³/mol. The number of hydrogen-bond acceptors (Lipinski definition) is 2. The molecular formula is C11H15F3N2O2. The van der Waals surface area contributed by atoms with Crippen LogP contribution in [0.4, 0.5) is 13.2 Å². The van der Waals surface area contributed by atoms with E-state index in [9.17, 15) is 22.8 Å². The van der Waals surface area contributed by atoms with E-state index in [1.165, 1.54) is 0 Å². The quantitative estimate of drug-likeness (QED) is 0.710. The zero-order valence-electron chi connectivity index (χ0n) is 9.77. The lowest BCUT2D eigenvalue weighted by Crippen LogP contribution is -2.41. The third-order valence-electron chi connectivity index (χ3n) is 2.63. The molecule has 1 aliphatic carbocycles. The minimum absolute atomic E-state index is 0.0425. The van der Waals surface area contributed by atoms with Crippen LogP contribution in [-0.2, 0) is 9.59 Å². The van der Waals surface area contributed by atoms with Crippen LogP contribution in [0.15, 0.2) is 12.7 Å². The van der Waals surface area contributed by atoms with Gasteiger partial charge in [-0.25, -0.2) is 0 Å². The molecule has 1 fully saturated rings. The van der Waals surface area contributed by atoms with Gasteiger partial charge in [-0.05, 0) is 18.9 Å². The second-order valence-electron chi connectivity index (χ2n) is 4.37. The third-order valence-corrected chi connectivity index (χ3v) is 2.63. The van der Waals surface area contributed by atoms with Gasteiger partial charge in [0.05, 0.1) is 6.42 Å². The normalized spacial score (nSPS) is 16.8. The highest BCUT2D eigenvalue weighted by Gasteiger charge is 2.51. The van der Waals surface area contributed by atoms with Gasteiger partial charge < -0.3 is 10.6 Å². The van der Waals surface area contributed by atoms with Crippen LogP contribution in [0.1, 0.15) is 25.7 Å². The Labute approximate surface area is 103 Å². The predicted octanol–water partition coefficient (Wildman–Crippen LogP) is 1.28. The van der Waals surface area contributed by atoms with E-state index >= 15 is 0 Å². The highest BCUT2D eigenvalue weighted by atomic mass is 19.4. The van der Waals surface area contributed by atoms with E-state index in [2.05, 4.69) is 17.2 Å². The SMILES string of the molecule is C=CC(=O)NCCC(=O)NC1(CC(F)(F)F)CC1. The number of halogens is 3. The minimum atomic E-state index is -4.28. The molecule has 0 aromatic heterocycles. The first-order valence-electron chi connectivity index (χ1n) is 5.54. The van der Waals surface area contributed by atoms with Crippen LogP contribution in [0, 0.1) is 0 Å². The van der Waals surface area contributed by atoms with Crippen LogP contribution >= 0.6 is 0 Å². The molecule has 0 aromatic carbocycles. The summed E-state index contributed by atoms with van der Waals surface area (Å²) >= 11 is 0. The molecule has 0 atom stereocenters. The van der Waals surface area contributed by atoms with Crippen molar-refractivity contribution in [2.45, 2.75) is 37.4 Å². The standard InChI is InChI=1S/C11H15F3N2O2/c1-2-8(17)15-6-3-9(18)16-10(4-5-10)7-11(12,13)14/h2H,1,3-7H2,(H,15,17)(H,16,18). The Kier molecular flexibility index (Phi) is 4.37. The summed E-state index contributed by atoms with van der Waals surface area (Å²) in [5, 5.41) is 4.76. The van der Waals surface area contributed by atoms with Gasteiger partial charge >= 0.3 is 6.18 Å². The highest BCUT2D eigenvalue weighted by Crippen LogP contribution is 2.44. The number of rotatable bonds is 6. The molecule has 0 saturated heterocycles. The van der Waals surface area contributed by atoms with Gasteiger partial charge in [-0.1, -0.05) is 6.58 Å². The van der Waals surface area contributed by atoms with Crippen molar-refractivity contribution >= 4 is 11.8 Å². The molecule has 1 rings (SSSR count). The lowest BCUT2D eigenvalue weighted by molar-refractivity contribution is -0.144. The molecule has 102 valence electrons. The maximum atomic E-state index is 12.2. The van der Waals surface area contributed by atoms with Crippen LogP contribution in [-0.4, -0.2) is 30.1 Å². The molecule has 4 nitrogen and oxygen atoms in total. The summed E-state index contributed by atoms with van der Waals surface area (Å²) in [5.74, 6) is -0.902. The summed E-state index contributed by atoms with van der Waals surface area (Å²) in [6, 6.07) is 0. The minimum Gasteiger partial charge on any atom is -0.352 e. The Bertz CT molecular complexity index is 349. The van der Waals surface area contributed by atoms with Crippen molar-refractivity contribution in [3.05, 3.63) is 12.7 Å². The van der Waals surface area contributed by atoms with Crippen LogP contribution in [0.3, 0.4) is 0 Å². The van der Waals surface area contributed by atoms with Crippen molar-refractivity contribution in [1.29, 1.82) is 0 Å². The summed E-state index contributed by atoms with van der Waals surface area (Å²) in [4.78, 5) is 22.2. The number of hydrogen-bond donors (Lipinski definition) is 2. The number of amides is 2.